The SMILES string of the molecule is CC(C)(C)c1ccc(N(c2ccc(-c3ccccc3)cc2)c2ccc3c(c2)C(C)(C)c2c-3ccc3cc(N(c4ccc(-c5ccccc5)cc4)c4ccc(C(C)(C)C)cc4)ccc23)cc1. The van der Waals surface area contributed by atoms with E-state index >= 15 is 0 Å². The first kappa shape index (κ1) is 41.8. The number of rotatable bonds is 8. The number of benzene rings is 9. The fourth-order valence-corrected chi connectivity index (χ4v) is 9.89. The summed E-state index contributed by atoms with van der Waals surface area (Å²) in [6.45, 7) is 18.5. The Morgan fingerprint density at radius 1 is 0.338 bits per heavy atom. The van der Waals surface area contributed by atoms with Crippen molar-refractivity contribution < 1.29 is 0 Å². The maximum absolute atomic E-state index is 2.44. The van der Waals surface area contributed by atoms with Crippen LogP contribution in [0, 0.1) is 0 Å². The quantitative estimate of drug-likeness (QED) is 0.150. The topological polar surface area (TPSA) is 6.48 Å². The van der Waals surface area contributed by atoms with E-state index < -0.39 is 0 Å². The summed E-state index contributed by atoms with van der Waals surface area (Å²) in [6, 6.07) is 76.4. The minimum absolute atomic E-state index is 0.0672. The smallest absolute Gasteiger partial charge is 0.0468 e. The highest BCUT2D eigenvalue weighted by molar-refractivity contribution is 6.00. The van der Waals surface area contributed by atoms with Crippen LogP contribution in [-0.2, 0) is 16.2 Å². The van der Waals surface area contributed by atoms with Gasteiger partial charge in [-0.25, -0.2) is 0 Å². The van der Waals surface area contributed by atoms with E-state index in [4.69, 9.17) is 0 Å². The Morgan fingerprint density at radius 3 is 1.15 bits per heavy atom. The first-order chi connectivity index (χ1) is 31.2. The van der Waals surface area contributed by atoms with Crippen molar-refractivity contribution in [2.45, 2.75) is 71.6 Å². The Bertz CT molecular complexity index is 3130. The van der Waals surface area contributed by atoms with Gasteiger partial charge in [-0.15, -0.1) is 0 Å². The van der Waals surface area contributed by atoms with Gasteiger partial charge in [0.1, 0.15) is 0 Å². The Kier molecular flexibility index (Phi) is 10.4. The summed E-state index contributed by atoms with van der Waals surface area (Å²) in [4.78, 5) is 4.81. The molecule has 0 N–H and O–H groups in total. The molecule has 0 saturated heterocycles. The molecule has 0 aromatic heterocycles. The molecule has 1 aliphatic carbocycles. The summed E-state index contributed by atoms with van der Waals surface area (Å²) in [5.41, 5.74) is 19.6. The average molecular weight is 843 g/mol. The minimum Gasteiger partial charge on any atom is -0.310 e. The zero-order valence-corrected chi connectivity index (χ0v) is 39.0. The van der Waals surface area contributed by atoms with Gasteiger partial charge in [0.2, 0.25) is 0 Å². The van der Waals surface area contributed by atoms with Crippen molar-refractivity contribution in [1.82, 2.24) is 0 Å². The number of hydrogen-bond donors (Lipinski definition) is 0. The van der Waals surface area contributed by atoms with Gasteiger partial charge in [0.05, 0.1) is 0 Å². The van der Waals surface area contributed by atoms with E-state index in [0.29, 0.717) is 0 Å². The zero-order valence-electron chi connectivity index (χ0n) is 39.0. The molecular weight excluding hydrogens is 785 g/mol. The third-order valence-corrected chi connectivity index (χ3v) is 13.6. The van der Waals surface area contributed by atoms with Crippen LogP contribution in [0.4, 0.5) is 34.1 Å². The monoisotopic (exact) mass is 842 g/mol. The predicted molar refractivity (Wildman–Crippen MR) is 279 cm³/mol. The number of fused-ring (bicyclic) bond motifs is 5. The molecule has 65 heavy (non-hydrogen) atoms. The molecule has 9 aromatic carbocycles. The molecule has 0 aliphatic heterocycles. The molecule has 0 bridgehead atoms. The van der Waals surface area contributed by atoms with Crippen LogP contribution in [0.1, 0.15) is 77.6 Å². The van der Waals surface area contributed by atoms with Gasteiger partial charge in [-0.2, -0.15) is 0 Å². The lowest BCUT2D eigenvalue weighted by Crippen LogP contribution is -2.17. The highest BCUT2D eigenvalue weighted by Gasteiger charge is 2.38. The van der Waals surface area contributed by atoms with Crippen LogP contribution in [0.25, 0.3) is 44.2 Å². The lowest BCUT2D eigenvalue weighted by Gasteiger charge is -2.29. The highest BCUT2D eigenvalue weighted by Crippen LogP contribution is 2.53. The number of hydrogen-bond acceptors (Lipinski definition) is 2. The van der Waals surface area contributed by atoms with E-state index in [9.17, 15) is 0 Å². The molecule has 0 saturated carbocycles. The zero-order chi connectivity index (χ0) is 45.1. The second kappa shape index (κ2) is 16.1. The van der Waals surface area contributed by atoms with Crippen LogP contribution in [-0.4, -0.2) is 0 Å². The predicted octanol–water partition coefficient (Wildman–Crippen LogP) is 18.0. The fraction of sp³-hybridized carbons (Fsp3) is 0.175. The van der Waals surface area contributed by atoms with Crippen LogP contribution in [0.3, 0.4) is 0 Å². The van der Waals surface area contributed by atoms with Crippen molar-refractivity contribution in [3.63, 3.8) is 0 Å². The van der Waals surface area contributed by atoms with Gasteiger partial charge in [-0.1, -0.05) is 189 Å². The lowest BCUT2D eigenvalue weighted by molar-refractivity contribution is 0.590. The van der Waals surface area contributed by atoms with Crippen molar-refractivity contribution in [3.8, 4) is 33.4 Å². The first-order valence-corrected chi connectivity index (χ1v) is 23.1. The summed E-state index contributed by atoms with van der Waals surface area (Å²) < 4.78 is 0. The molecule has 0 unspecified atom stereocenters. The van der Waals surface area contributed by atoms with Gasteiger partial charge in [0.15, 0.2) is 0 Å². The molecule has 10 rings (SSSR count). The molecule has 0 radical (unpaired) electrons. The minimum atomic E-state index is -0.240. The third-order valence-electron chi connectivity index (χ3n) is 13.6. The average Bonchev–Trinajstić information content (AvgIpc) is 3.55. The summed E-state index contributed by atoms with van der Waals surface area (Å²) in [7, 11) is 0. The number of anilines is 6. The van der Waals surface area contributed by atoms with Gasteiger partial charge in [0, 0.05) is 39.5 Å². The lowest BCUT2D eigenvalue weighted by atomic mass is 9.80. The molecule has 2 heteroatoms. The normalized spacial score (nSPS) is 13.0. The van der Waals surface area contributed by atoms with Crippen LogP contribution >= 0.6 is 0 Å². The molecule has 1 aliphatic rings. The van der Waals surface area contributed by atoms with Gasteiger partial charge in [0.25, 0.3) is 0 Å². The largest absolute Gasteiger partial charge is 0.310 e. The molecule has 0 atom stereocenters. The van der Waals surface area contributed by atoms with Crippen molar-refractivity contribution in [1.29, 1.82) is 0 Å². The molecule has 2 nitrogen and oxygen atoms in total. The Morgan fingerprint density at radius 2 is 0.708 bits per heavy atom. The standard InChI is InChI=1S/C63H58N2/c1-61(2,3)48-24-32-52(33-25-48)64(50-28-19-45(20-29-50)43-15-11-9-12-16-43)54-36-39-56-47(41-54)23-38-58-57-40-37-55(42-59(57)63(7,8)60(56)58)65(53-34-26-49(27-35-53)62(4,5)6)51-30-21-46(22-31-51)44-17-13-10-14-18-44/h9-42H,1-8H3. The summed E-state index contributed by atoms with van der Waals surface area (Å²) >= 11 is 0. The summed E-state index contributed by atoms with van der Waals surface area (Å²) in [5.74, 6) is 0. The molecule has 9 aromatic rings. The second-order valence-corrected chi connectivity index (χ2v) is 20.3. The van der Waals surface area contributed by atoms with E-state index in [1.54, 1.807) is 0 Å². The van der Waals surface area contributed by atoms with E-state index in [-0.39, 0.29) is 16.2 Å². The molecular formula is C63H58N2. The van der Waals surface area contributed by atoms with Crippen LogP contribution in [0.15, 0.2) is 206 Å². The Balaban J connectivity index is 1.04. The van der Waals surface area contributed by atoms with Crippen molar-refractivity contribution >= 4 is 44.9 Å². The highest BCUT2D eigenvalue weighted by atomic mass is 15.1. The summed E-state index contributed by atoms with van der Waals surface area (Å²) in [5, 5.41) is 2.53. The molecule has 0 amide bonds. The molecule has 320 valence electrons. The van der Waals surface area contributed by atoms with Crippen molar-refractivity contribution in [2.24, 2.45) is 0 Å². The van der Waals surface area contributed by atoms with Crippen molar-refractivity contribution in [2.75, 3.05) is 9.80 Å². The van der Waals surface area contributed by atoms with Gasteiger partial charge in [-0.05, 0) is 150 Å². The maximum atomic E-state index is 2.44. The third kappa shape index (κ3) is 7.82. The number of nitrogens with zero attached hydrogens (tertiary/aromatic N) is 2. The summed E-state index contributed by atoms with van der Waals surface area (Å²) in [6.07, 6.45) is 0. The Hall–Kier alpha value is -7.16. The van der Waals surface area contributed by atoms with Crippen LogP contribution in [0.2, 0.25) is 0 Å². The molecule has 0 fully saturated rings. The van der Waals surface area contributed by atoms with E-state index in [1.165, 1.54) is 66.4 Å². The van der Waals surface area contributed by atoms with Gasteiger partial charge < -0.3 is 9.80 Å². The van der Waals surface area contributed by atoms with Gasteiger partial charge in [-0.3, -0.25) is 0 Å². The molecule has 0 heterocycles. The van der Waals surface area contributed by atoms with Gasteiger partial charge >= 0.3 is 0 Å². The fourth-order valence-electron chi connectivity index (χ4n) is 9.89. The maximum Gasteiger partial charge on any atom is 0.0468 e. The first-order valence-electron chi connectivity index (χ1n) is 23.1. The van der Waals surface area contributed by atoms with E-state index in [2.05, 4.69) is 271 Å². The van der Waals surface area contributed by atoms with E-state index in [1.807, 2.05) is 0 Å². The van der Waals surface area contributed by atoms with Crippen LogP contribution < -0.4 is 9.80 Å². The van der Waals surface area contributed by atoms with Crippen LogP contribution in [0.5, 0.6) is 0 Å². The van der Waals surface area contributed by atoms with E-state index in [0.717, 1.165) is 34.1 Å². The van der Waals surface area contributed by atoms with Crippen molar-refractivity contribution in [3.05, 3.63) is 229 Å². The second-order valence-electron chi connectivity index (χ2n) is 20.3. The molecule has 0 spiro atoms. The Labute approximate surface area is 386 Å².